The molecular weight excluding hydrogens is 158 g/mol. The van der Waals surface area contributed by atoms with Crippen molar-refractivity contribution in [3.8, 4) is 0 Å². The topological polar surface area (TPSA) is 38.8 Å². The number of rotatable bonds is 2. The molecule has 1 aliphatic heterocycles. The number of carbonyl (C=O) groups is 1. The van der Waals surface area contributed by atoms with Crippen molar-refractivity contribution in [1.29, 1.82) is 0 Å². The van der Waals surface area contributed by atoms with Crippen molar-refractivity contribution in [2.45, 2.75) is 6.42 Å². The molecule has 0 aromatic heterocycles. The van der Waals surface area contributed by atoms with Gasteiger partial charge in [0.15, 0.2) is 0 Å². The summed E-state index contributed by atoms with van der Waals surface area (Å²) in [5.74, 6) is 0.481. The largest absolute Gasteiger partial charge is 0.453 e. The fraction of sp³-hybridized carbons (Fsp3) is 0.875. The van der Waals surface area contributed by atoms with Crippen LogP contribution in [0.3, 0.4) is 0 Å². The van der Waals surface area contributed by atoms with E-state index >= 15 is 0 Å². The SMILES string of the molecule is COC(=O)N(C)CC1CCOC1. The maximum Gasteiger partial charge on any atom is 0.409 e. The third kappa shape index (κ3) is 2.37. The highest BCUT2D eigenvalue weighted by Gasteiger charge is 2.19. The van der Waals surface area contributed by atoms with Gasteiger partial charge in [-0.1, -0.05) is 0 Å². The molecule has 0 saturated carbocycles. The van der Waals surface area contributed by atoms with Crippen LogP contribution in [0.5, 0.6) is 0 Å². The van der Waals surface area contributed by atoms with Crippen molar-refractivity contribution < 1.29 is 14.3 Å². The first kappa shape index (κ1) is 9.32. The van der Waals surface area contributed by atoms with Gasteiger partial charge in [-0.15, -0.1) is 0 Å². The van der Waals surface area contributed by atoms with E-state index < -0.39 is 0 Å². The van der Waals surface area contributed by atoms with Crippen LogP contribution in [0.15, 0.2) is 0 Å². The molecule has 1 atom stereocenters. The van der Waals surface area contributed by atoms with E-state index in [0.29, 0.717) is 5.92 Å². The minimum atomic E-state index is -0.276. The fourth-order valence-corrected chi connectivity index (χ4v) is 1.34. The van der Waals surface area contributed by atoms with Gasteiger partial charge in [0.1, 0.15) is 0 Å². The molecule has 70 valence electrons. The molecule has 4 nitrogen and oxygen atoms in total. The first-order valence-electron chi connectivity index (χ1n) is 4.11. The Labute approximate surface area is 72.4 Å². The average Bonchev–Trinajstić information content (AvgIpc) is 2.55. The van der Waals surface area contributed by atoms with Crippen molar-refractivity contribution in [2.75, 3.05) is 33.9 Å². The lowest BCUT2D eigenvalue weighted by molar-refractivity contribution is 0.123. The lowest BCUT2D eigenvalue weighted by Crippen LogP contribution is -2.31. The number of nitrogens with zero attached hydrogens (tertiary/aromatic N) is 1. The standard InChI is InChI=1S/C8H15NO3/c1-9(8(10)11-2)5-7-3-4-12-6-7/h7H,3-6H2,1-2H3. The molecule has 0 radical (unpaired) electrons. The summed E-state index contributed by atoms with van der Waals surface area (Å²) in [7, 11) is 3.13. The minimum Gasteiger partial charge on any atom is -0.453 e. The molecule has 1 fully saturated rings. The monoisotopic (exact) mass is 173 g/mol. The first-order valence-corrected chi connectivity index (χ1v) is 4.11. The van der Waals surface area contributed by atoms with E-state index in [1.165, 1.54) is 7.11 Å². The molecule has 0 aromatic carbocycles. The quantitative estimate of drug-likeness (QED) is 0.617. The van der Waals surface area contributed by atoms with Crippen LogP contribution in [0, 0.1) is 5.92 Å². The van der Waals surface area contributed by atoms with E-state index in [1.54, 1.807) is 11.9 Å². The molecule has 12 heavy (non-hydrogen) atoms. The predicted molar refractivity (Wildman–Crippen MR) is 44.0 cm³/mol. The molecule has 1 unspecified atom stereocenters. The highest BCUT2D eigenvalue weighted by Crippen LogP contribution is 2.13. The zero-order chi connectivity index (χ0) is 8.97. The van der Waals surface area contributed by atoms with Crippen molar-refractivity contribution in [3.63, 3.8) is 0 Å². The maximum absolute atomic E-state index is 11.0. The van der Waals surface area contributed by atoms with E-state index in [0.717, 1.165) is 26.2 Å². The smallest absolute Gasteiger partial charge is 0.409 e. The number of methoxy groups -OCH3 is 1. The van der Waals surface area contributed by atoms with Crippen LogP contribution in [0.2, 0.25) is 0 Å². The maximum atomic E-state index is 11.0. The predicted octanol–water partition coefficient (Wildman–Crippen LogP) is 0.721. The van der Waals surface area contributed by atoms with Gasteiger partial charge in [-0.3, -0.25) is 0 Å². The highest BCUT2D eigenvalue weighted by molar-refractivity contribution is 5.66. The van der Waals surface area contributed by atoms with E-state index in [-0.39, 0.29) is 6.09 Å². The number of amides is 1. The van der Waals surface area contributed by atoms with Crippen LogP contribution in [-0.2, 0) is 9.47 Å². The molecule has 0 aromatic rings. The first-order chi connectivity index (χ1) is 5.74. The minimum absolute atomic E-state index is 0.276. The fourth-order valence-electron chi connectivity index (χ4n) is 1.34. The van der Waals surface area contributed by atoms with Crippen molar-refractivity contribution in [2.24, 2.45) is 5.92 Å². The van der Waals surface area contributed by atoms with Gasteiger partial charge < -0.3 is 14.4 Å². The van der Waals surface area contributed by atoms with E-state index in [1.807, 2.05) is 0 Å². The Hall–Kier alpha value is -0.770. The Morgan fingerprint density at radius 3 is 3.00 bits per heavy atom. The molecule has 1 rings (SSSR count). The Balaban J connectivity index is 2.24. The summed E-state index contributed by atoms with van der Waals surface area (Å²) in [5, 5.41) is 0. The van der Waals surface area contributed by atoms with E-state index in [9.17, 15) is 4.79 Å². The summed E-state index contributed by atoms with van der Waals surface area (Å²) < 4.78 is 9.76. The molecule has 0 N–H and O–H groups in total. The Morgan fingerprint density at radius 1 is 1.75 bits per heavy atom. The second-order valence-corrected chi connectivity index (χ2v) is 3.08. The van der Waals surface area contributed by atoms with Gasteiger partial charge in [0.2, 0.25) is 0 Å². The number of hydrogen-bond donors (Lipinski definition) is 0. The molecule has 4 heteroatoms. The summed E-state index contributed by atoms with van der Waals surface area (Å²) in [5.41, 5.74) is 0. The van der Waals surface area contributed by atoms with Gasteiger partial charge in [0.05, 0.1) is 13.7 Å². The molecule has 0 aliphatic carbocycles. The lowest BCUT2D eigenvalue weighted by atomic mass is 10.1. The molecule has 0 bridgehead atoms. The van der Waals surface area contributed by atoms with Crippen molar-refractivity contribution in [3.05, 3.63) is 0 Å². The molecule has 1 heterocycles. The summed E-state index contributed by atoms with van der Waals surface area (Å²) in [6, 6.07) is 0. The number of carbonyl (C=O) groups excluding carboxylic acids is 1. The average molecular weight is 173 g/mol. The molecule has 0 spiro atoms. The highest BCUT2D eigenvalue weighted by atomic mass is 16.5. The van der Waals surface area contributed by atoms with Crippen LogP contribution in [0.1, 0.15) is 6.42 Å². The second kappa shape index (κ2) is 4.30. The van der Waals surface area contributed by atoms with Crippen LogP contribution >= 0.6 is 0 Å². The van der Waals surface area contributed by atoms with Gasteiger partial charge in [-0.05, 0) is 6.42 Å². The zero-order valence-corrected chi connectivity index (χ0v) is 7.58. The summed E-state index contributed by atoms with van der Waals surface area (Å²) in [6.07, 6.45) is 0.767. The Morgan fingerprint density at radius 2 is 2.50 bits per heavy atom. The summed E-state index contributed by atoms with van der Waals surface area (Å²) in [4.78, 5) is 12.5. The molecular formula is C8H15NO3. The summed E-state index contributed by atoms with van der Waals surface area (Å²) >= 11 is 0. The Kier molecular flexibility index (Phi) is 3.34. The lowest BCUT2D eigenvalue weighted by Gasteiger charge is -2.18. The van der Waals surface area contributed by atoms with Crippen molar-refractivity contribution in [1.82, 2.24) is 4.90 Å². The van der Waals surface area contributed by atoms with Gasteiger partial charge in [-0.2, -0.15) is 0 Å². The van der Waals surface area contributed by atoms with Crippen LogP contribution in [-0.4, -0.2) is 44.9 Å². The zero-order valence-electron chi connectivity index (χ0n) is 7.58. The van der Waals surface area contributed by atoms with Gasteiger partial charge in [0.25, 0.3) is 0 Å². The third-order valence-electron chi connectivity index (χ3n) is 2.04. The van der Waals surface area contributed by atoms with Gasteiger partial charge in [0, 0.05) is 26.1 Å². The molecule has 1 aliphatic rings. The number of ether oxygens (including phenoxy) is 2. The van der Waals surface area contributed by atoms with Crippen LogP contribution in [0.25, 0.3) is 0 Å². The van der Waals surface area contributed by atoms with Crippen LogP contribution in [0.4, 0.5) is 4.79 Å². The van der Waals surface area contributed by atoms with E-state index in [2.05, 4.69) is 4.74 Å². The normalized spacial score (nSPS) is 22.3. The number of hydrogen-bond acceptors (Lipinski definition) is 3. The van der Waals surface area contributed by atoms with Crippen molar-refractivity contribution >= 4 is 6.09 Å². The molecule has 1 saturated heterocycles. The third-order valence-corrected chi connectivity index (χ3v) is 2.04. The Bertz CT molecular complexity index is 154. The van der Waals surface area contributed by atoms with Crippen LogP contribution < -0.4 is 0 Å². The second-order valence-electron chi connectivity index (χ2n) is 3.08. The molecule has 1 amide bonds. The van der Waals surface area contributed by atoms with Gasteiger partial charge in [-0.25, -0.2) is 4.79 Å². The van der Waals surface area contributed by atoms with E-state index in [4.69, 9.17) is 4.74 Å². The van der Waals surface area contributed by atoms with Gasteiger partial charge >= 0.3 is 6.09 Å². The summed E-state index contributed by atoms with van der Waals surface area (Å²) in [6.45, 7) is 2.31.